The molecule has 0 bridgehead atoms. The summed E-state index contributed by atoms with van der Waals surface area (Å²) in [7, 11) is 0. The number of carboxylic acid groups (broad SMARTS) is 1. The molecule has 0 spiro atoms. The highest BCUT2D eigenvalue weighted by molar-refractivity contribution is 5.96. The summed E-state index contributed by atoms with van der Waals surface area (Å²) >= 11 is 0. The van der Waals surface area contributed by atoms with E-state index in [0.29, 0.717) is 0 Å². The Labute approximate surface area is 265 Å². The average Bonchev–Trinajstić information content (AvgIpc) is 3.05. The lowest BCUT2D eigenvalue weighted by atomic mass is 10.2. The van der Waals surface area contributed by atoms with Crippen molar-refractivity contribution in [3.05, 3.63) is 0 Å². The van der Waals surface area contributed by atoms with E-state index in [4.69, 9.17) is 10.8 Å². The number of aliphatic carboxylic acids is 1. The van der Waals surface area contributed by atoms with Crippen LogP contribution in [0.2, 0.25) is 0 Å². The van der Waals surface area contributed by atoms with Gasteiger partial charge in [0.15, 0.2) is 0 Å². The van der Waals surface area contributed by atoms with E-state index in [2.05, 4.69) is 5.32 Å². The first-order valence-corrected chi connectivity index (χ1v) is 13.5. The number of hydrogen-bond acceptors (Lipinski definition) is 15. The van der Waals surface area contributed by atoms with Gasteiger partial charge < -0.3 is 78.9 Å². The molecule has 0 rings (SSSR count). The maximum Gasteiger partial charge on any atom is 0.322 e. The van der Waals surface area contributed by atoms with Gasteiger partial charge in [-0.2, -0.15) is 0 Å². The topological polar surface area (TPSA) is 397 Å². The first kappa shape index (κ1) is 42.0. The third-order valence-corrected chi connectivity index (χ3v) is 5.58. The van der Waals surface area contributed by atoms with E-state index in [1.54, 1.807) is 0 Å². The minimum atomic E-state index is -1.73. The summed E-state index contributed by atoms with van der Waals surface area (Å²) in [5.74, 6) is -9.82. The second-order valence-electron chi connectivity index (χ2n) is 9.15. The van der Waals surface area contributed by atoms with Crippen molar-refractivity contribution in [3.63, 3.8) is 0 Å². The predicted octanol–water partition coefficient (Wildman–Crippen LogP) is -11.2. The molecule has 0 aliphatic rings. The van der Waals surface area contributed by atoms with Gasteiger partial charge in [0.05, 0.1) is 52.7 Å². The number of aliphatic hydroxyl groups excluding tert-OH is 5. The van der Waals surface area contributed by atoms with Crippen LogP contribution in [0.4, 0.5) is 0 Å². The fourth-order valence-electron chi connectivity index (χ4n) is 3.13. The Morgan fingerprint density at radius 1 is 0.426 bits per heavy atom. The van der Waals surface area contributed by atoms with Gasteiger partial charge in [0, 0.05) is 0 Å². The number of amides is 8. The highest BCUT2D eigenvalue weighted by Gasteiger charge is 2.29. The summed E-state index contributed by atoms with van der Waals surface area (Å²) in [5.41, 5.74) is 5.11. The fraction of sp³-hybridized carbons (Fsp3) is 0.609. The van der Waals surface area contributed by atoms with Crippen LogP contribution in [0.25, 0.3) is 0 Å². The van der Waals surface area contributed by atoms with Crippen LogP contribution in [0.15, 0.2) is 0 Å². The van der Waals surface area contributed by atoms with E-state index in [-0.39, 0.29) is 0 Å². The molecule has 8 amide bonds. The number of carbonyl (C=O) groups excluding carboxylic acids is 8. The third-order valence-electron chi connectivity index (χ3n) is 5.58. The van der Waals surface area contributed by atoms with Crippen LogP contribution in [0.1, 0.15) is 0 Å². The second kappa shape index (κ2) is 22.5. The smallest absolute Gasteiger partial charge is 0.322 e. The van der Waals surface area contributed by atoms with E-state index < -0.39 is 143 Å². The molecule has 0 fully saturated rings. The van der Waals surface area contributed by atoms with Crippen LogP contribution in [-0.4, -0.2) is 173 Å². The fourth-order valence-corrected chi connectivity index (χ4v) is 3.13. The van der Waals surface area contributed by atoms with Gasteiger partial charge in [-0.1, -0.05) is 0 Å². The van der Waals surface area contributed by atoms with Gasteiger partial charge in [-0.3, -0.25) is 43.2 Å². The highest BCUT2D eigenvalue weighted by atomic mass is 16.4. The van der Waals surface area contributed by atoms with Crippen molar-refractivity contribution in [1.29, 1.82) is 0 Å². The monoisotopic (exact) mass is 681 g/mol. The molecule has 5 atom stereocenters. The summed E-state index contributed by atoms with van der Waals surface area (Å²) in [6.07, 6.45) is 0. The van der Waals surface area contributed by atoms with Gasteiger partial charge in [-0.25, -0.2) is 0 Å². The molecule has 16 N–H and O–H groups in total. The van der Waals surface area contributed by atoms with E-state index >= 15 is 0 Å². The quantitative estimate of drug-likeness (QED) is 0.0504. The van der Waals surface area contributed by atoms with E-state index in [0.717, 1.165) is 0 Å². The van der Waals surface area contributed by atoms with Gasteiger partial charge in [-0.15, -0.1) is 0 Å². The zero-order valence-corrected chi connectivity index (χ0v) is 24.7. The zero-order chi connectivity index (χ0) is 36.1. The summed E-state index contributed by atoms with van der Waals surface area (Å²) in [6, 6.07) is -8.17. The standard InChI is InChI=1S/C23H39N9O15/c24-1-15(38)28-13(8-36)22(46)31-11(6-34)20(44)26-3-17(40)30-14(9-37)23(47)32-12(7-35)21(45)25-2-16(39)29-10(5-33)19(43)27-4-18(41)42/h10-14,33-37H,1-9,24H2,(H,25,45)(H,26,44)(H,27,43)(H,28,38)(H,29,39)(H,30,40)(H,31,46)(H,32,47)(H,41,42)/t10-,11-,12-,13-,14-/m0/s1. The number of rotatable bonds is 22. The molecular weight excluding hydrogens is 642 g/mol. The Bertz CT molecular complexity index is 1140. The van der Waals surface area contributed by atoms with Crippen molar-refractivity contribution < 1.29 is 73.8 Å². The van der Waals surface area contributed by atoms with Crippen LogP contribution in [-0.2, 0) is 43.2 Å². The molecule has 24 nitrogen and oxygen atoms in total. The van der Waals surface area contributed by atoms with Crippen LogP contribution in [0, 0.1) is 0 Å². The van der Waals surface area contributed by atoms with Crippen molar-refractivity contribution >= 4 is 53.2 Å². The molecule has 0 aromatic heterocycles. The lowest BCUT2D eigenvalue weighted by Crippen LogP contribution is -2.59. The molecule has 0 aliphatic carbocycles. The lowest BCUT2D eigenvalue weighted by Gasteiger charge is -2.22. The number of aliphatic hydroxyl groups is 5. The van der Waals surface area contributed by atoms with E-state index in [9.17, 15) is 68.7 Å². The van der Waals surface area contributed by atoms with Crippen molar-refractivity contribution in [1.82, 2.24) is 42.5 Å². The third kappa shape index (κ3) is 16.2. The minimum Gasteiger partial charge on any atom is -0.480 e. The van der Waals surface area contributed by atoms with Gasteiger partial charge >= 0.3 is 5.97 Å². The number of nitrogens with one attached hydrogen (secondary N) is 8. The van der Waals surface area contributed by atoms with Crippen molar-refractivity contribution in [3.8, 4) is 0 Å². The van der Waals surface area contributed by atoms with Crippen LogP contribution in [0.5, 0.6) is 0 Å². The Hall–Kier alpha value is -5.01. The molecule has 0 aliphatic heterocycles. The van der Waals surface area contributed by atoms with Crippen molar-refractivity contribution in [2.45, 2.75) is 30.2 Å². The largest absolute Gasteiger partial charge is 0.480 e. The lowest BCUT2D eigenvalue weighted by molar-refractivity contribution is -0.138. The van der Waals surface area contributed by atoms with Crippen LogP contribution >= 0.6 is 0 Å². The van der Waals surface area contributed by atoms with Gasteiger partial charge in [-0.05, 0) is 0 Å². The molecule has 24 heteroatoms. The normalized spacial score (nSPS) is 13.7. The van der Waals surface area contributed by atoms with Crippen molar-refractivity contribution in [2.24, 2.45) is 5.73 Å². The SMILES string of the molecule is NCC(=O)N[C@@H](CO)C(=O)N[C@@H](CO)C(=O)NCC(=O)N[C@@H](CO)C(=O)N[C@@H](CO)C(=O)NCC(=O)N[C@@H](CO)C(=O)NCC(=O)O. The summed E-state index contributed by atoms with van der Waals surface area (Å²) in [6.45, 7) is -7.81. The summed E-state index contributed by atoms with van der Waals surface area (Å²) in [5, 5.41) is 71.6. The molecule has 47 heavy (non-hydrogen) atoms. The van der Waals surface area contributed by atoms with Crippen LogP contribution < -0.4 is 48.3 Å². The van der Waals surface area contributed by atoms with Crippen LogP contribution in [0.3, 0.4) is 0 Å². The molecular formula is C23H39N9O15. The van der Waals surface area contributed by atoms with Gasteiger partial charge in [0.2, 0.25) is 47.3 Å². The number of carbonyl (C=O) groups is 9. The first-order valence-electron chi connectivity index (χ1n) is 13.5. The molecule has 266 valence electrons. The Morgan fingerprint density at radius 2 is 0.702 bits per heavy atom. The van der Waals surface area contributed by atoms with Gasteiger partial charge in [0.1, 0.15) is 36.8 Å². The molecule has 0 aromatic rings. The number of hydrogen-bond donors (Lipinski definition) is 15. The molecule has 0 saturated carbocycles. The maximum atomic E-state index is 12.5. The molecule has 0 aromatic carbocycles. The molecule has 0 saturated heterocycles. The Balaban J connectivity index is 4.96. The van der Waals surface area contributed by atoms with E-state index in [1.807, 2.05) is 37.2 Å². The van der Waals surface area contributed by atoms with E-state index in [1.165, 1.54) is 0 Å². The summed E-state index contributed by atoms with van der Waals surface area (Å²) < 4.78 is 0. The zero-order valence-electron chi connectivity index (χ0n) is 24.7. The number of nitrogens with two attached hydrogens (primary N) is 1. The maximum absolute atomic E-state index is 12.5. The summed E-state index contributed by atoms with van der Waals surface area (Å²) in [4.78, 5) is 107. The second-order valence-corrected chi connectivity index (χ2v) is 9.15. The highest BCUT2D eigenvalue weighted by Crippen LogP contribution is 1.92. The van der Waals surface area contributed by atoms with Crippen molar-refractivity contribution in [2.75, 3.05) is 59.2 Å². The average molecular weight is 682 g/mol. The molecule has 0 radical (unpaired) electrons. The molecule has 0 unspecified atom stereocenters. The van der Waals surface area contributed by atoms with Gasteiger partial charge in [0.25, 0.3) is 0 Å². The minimum absolute atomic E-state index is 0.503. The predicted molar refractivity (Wildman–Crippen MR) is 151 cm³/mol. The Kier molecular flexibility index (Phi) is 20.1. The number of carboxylic acids is 1. The molecule has 0 heterocycles. The Morgan fingerprint density at radius 3 is 1.00 bits per heavy atom. The first-order chi connectivity index (χ1) is 22.2.